The number of benzene rings is 2. The number of hydrogen-bond donors (Lipinski definition) is 1. The Morgan fingerprint density at radius 1 is 1.24 bits per heavy atom. The smallest absolute Gasteiger partial charge is 0.246 e. The third kappa shape index (κ3) is 4.94. The zero-order valence-electron chi connectivity index (χ0n) is 16.5. The van der Waals surface area contributed by atoms with Crippen molar-refractivity contribution in [3.8, 4) is 5.75 Å². The average Bonchev–Trinajstić information content (AvgIpc) is 2.73. The zero-order chi connectivity index (χ0) is 21.0. The first kappa shape index (κ1) is 21.3. The molecule has 1 fully saturated rings. The summed E-state index contributed by atoms with van der Waals surface area (Å²) < 4.78 is 45.9. The van der Waals surface area contributed by atoms with E-state index in [0.717, 1.165) is 11.1 Å². The van der Waals surface area contributed by atoms with E-state index in [2.05, 4.69) is 5.32 Å². The number of amides is 1. The number of piperidine rings is 1. The molecule has 0 spiro atoms. The first-order valence-corrected chi connectivity index (χ1v) is 10.9. The van der Waals surface area contributed by atoms with Crippen molar-refractivity contribution >= 4 is 15.9 Å². The van der Waals surface area contributed by atoms with E-state index in [-0.39, 0.29) is 29.7 Å². The molecule has 0 aromatic heterocycles. The van der Waals surface area contributed by atoms with E-state index >= 15 is 0 Å². The number of carbonyl (C=O) groups excluding carboxylic acids is 1. The summed E-state index contributed by atoms with van der Waals surface area (Å²) in [4.78, 5) is 12.7. The van der Waals surface area contributed by atoms with Crippen LogP contribution in [0, 0.1) is 18.7 Å². The molecule has 156 valence electrons. The second-order valence-corrected chi connectivity index (χ2v) is 9.11. The van der Waals surface area contributed by atoms with Crippen molar-refractivity contribution in [1.82, 2.24) is 9.62 Å². The Bertz CT molecular complexity index is 977. The van der Waals surface area contributed by atoms with Crippen molar-refractivity contribution in [1.29, 1.82) is 0 Å². The molecule has 2 aromatic carbocycles. The van der Waals surface area contributed by atoms with Crippen molar-refractivity contribution in [2.45, 2.75) is 31.2 Å². The highest BCUT2D eigenvalue weighted by Crippen LogP contribution is 2.30. The summed E-state index contributed by atoms with van der Waals surface area (Å²) in [6, 6.07) is 10.9. The Kier molecular flexibility index (Phi) is 6.54. The monoisotopic (exact) mass is 420 g/mol. The number of carbonyl (C=O) groups is 1. The van der Waals surface area contributed by atoms with Crippen molar-refractivity contribution in [3.63, 3.8) is 0 Å². The van der Waals surface area contributed by atoms with Gasteiger partial charge in [0.2, 0.25) is 15.9 Å². The Morgan fingerprint density at radius 2 is 1.97 bits per heavy atom. The maximum Gasteiger partial charge on any atom is 0.246 e. The summed E-state index contributed by atoms with van der Waals surface area (Å²) in [5.74, 6) is -0.682. The molecular formula is C21H25FN2O4S. The number of nitrogens with zero attached hydrogens (tertiary/aromatic N) is 1. The van der Waals surface area contributed by atoms with Gasteiger partial charge in [0.25, 0.3) is 0 Å². The van der Waals surface area contributed by atoms with E-state index < -0.39 is 15.9 Å². The van der Waals surface area contributed by atoms with Crippen molar-refractivity contribution in [2.75, 3.05) is 20.2 Å². The van der Waals surface area contributed by atoms with Crippen molar-refractivity contribution in [3.05, 3.63) is 59.4 Å². The predicted octanol–water partition coefficient (Wildman–Crippen LogP) is 2.86. The van der Waals surface area contributed by atoms with Gasteiger partial charge in [-0.05, 0) is 55.2 Å². The predicted molar refractivity (Wildman–Crippen MR) is 107 cm³/mol. The quantitative estimate of drug-likeness (QED) is 0.780. The molecular weight excluding hydrogens is 395 g/mol. The van der Waals surface area contributed by atoms with Crippen LogP contribution in [0.15, 0.2) is 47.4 Å². The van der Waals surface area contributed by atoms with Crippen LogP contribution < -0.4 is 10.1 Å². The summed E-state index contributed by atoms with van der Waals surface area (Å²) in [7, 11) is -2.34. The minimum Gasteiger partial charge on any atom is -0.495 e. The zero-order valence-corrected chi connectivity index (χ0v) is 17.3. The largest absolute Gasteiger partial charge is 0.495 e. The fourth-order valence-electron chi connectivity index (χ4n) is 3.44. The van der Waals surface area contributed by atoms with Gasteiger partial charge in [-0.1, -0.05) is 18.2 Å². The second kappa shape index (κ2) is 8.92. The lowest BCUT2D eigenvalue weighted by atomic mass is 9.99. The fourth-order valence-corrected chi connectivity index (χ4v) is 5.20. The molecule has 0 aliphatic carbocycles. The van der Waals surface area contributed by atoms with Crippen LogP contribution in [0.3, 0.4) is 0 Å². The van der Waals surface area contributed by atoms with Gasteiger partial charge in [-0.2, -0.15) is 4.31 Å². The molecule has 2 aromatic rings. The number of nitrogens with one attached hydrogen (secondary N) is 1. The molecule has 0 radical (unpaired) electrons. The number of methoxy groups -OCH3 is 1. The van der Waals surface area contributed by atoms with E-state index in [9.17, 15) is 17.6 Å². The van der Waals surface area contributed by atoms with Crippen LogP contribution in [-0.4, -0.2) is 38.8 Å². The minimum absolute atomic E-state index is 0.118. The van der Waals surface area contributed by atoms with E-state index in [1.165, 1.54) is 23.5 Å². The highest BCUT2D eigenvalue weighted by atomic mass is 32.2. The number of aryl methyl sites for hydroxylation is 1. The van der Waals surface area contributed by atoms with Crippen molar-refractivity contribution in [2.24, 2.45) is 5.92 Å². The number of sulfonamides is 1. The Hall–Kier alpha value is -2.45. The standard InChI is InChI=1S/C21H25FN2O4S/c1-15-5-10-19(28-2)20(12-15)29(26,27)24-11-3-4-17(14-24)21(25)23-13-16-6-8-18(22)9-7-16/h5-10,12,17H,3-4,11,13-14H2,1-2H3,(H,23,25). The lowest BCUT2D eigenvalue weighted by molar-refractivity contribution is -0.126. The lowest BCUT2D eigenvalue weighted by Gasteiger charge is -2.31. The third-order valence-electron chi connectivity index (χ3n) is 5.07. The number of ether oxygens (including phenoxy) is 1. The third-order valence-corrected chi connectivity index (χ3v) is 6.96. The number of halogens is 1. The van der Waals surface area contributed by atoms with Gasteiger partial charge in [0.05, 0.1) is 13.0 Å². The molecule has 0 bridgehead atoms. The summed E-state index contributed by atoms with van der Waals surface area (Å²) >= 11 is 0. The molecule has 8 heteroatoms. The molecule has 0 saturated carbocycles. The van der Waals surface area contributed by atoms with Gasteiger partial charge in [-0.3, -0.25) is 4.79 Å². The topological polar surface area (TPSA) is 75.7 Å². The van der Waals surface area contributed by atoms with Gasteiger partial charge < -0.3 is 10.1 Å². The van der Waals surface area contributed by atoms with Gasteiger partial charge in [0, 0.05) is 19.6 Å². The SMILES string of the molecule is COc1ccc(C)cc1S(=O)(=O)N1CCCC(C(=O)NCc2ccc(F)cc2)C1. The summed E-state index contributed by atoms with van der Waals surface area (Å²) in [5.41, 5.74) is 1.60. The molecule has 1 amide bonds. The van der Waals surface area contributed by atoms with Crippen molar-refractivity contribution < 1.29 is 22.3 Å². The molecule has 1 saturated heterocycles. The number of hydrogen-bond acceptors (Lipinski definition) is 4. The first-order valence-electron chi connectivity index (χ1n) is 9.48. The molecule has 6 nitrogen and oxygen atoms in total. The molecule has 1 N–H and O–H groups in total. The minimum atomic E-state index is -3.78. The van der Waals surface area contributed by atoms with Crippen LogP contribution in [0.1, 0.15) is 24.0 Å². The lowest BCUT2D eigenvalue weighted by Crippen LogP contribution is -2.45. The summed E-state index contributed by atoms with van der Waals surface area (Å²) in [6.45, 7) is 2.57. The van der Waals surface area contributed by atoms with Crippen LogP contribution in [0.5, 0.6) is 5.75 Å². The highest BCUT2D eigenvalue weighted by molar-refractivity contribution is 7.89. The molecule has 29 heavy (non-hydrogen) atoms. The van der Waals surface area contributed by atoms with Crippen LogP contribution in [0.2, 0.25) is 0 Å². The van der Waals surface area contributed by atoms with E-state index in [1.54, 1.807) is 30.3 Å². The van der Waals surface area contributed by atoms with Crippen LogP contribution in [0.25, 0.3) is 0 Å². The first-order chi connectivity index (χ1) is 13.8. The maximum atomic E-state index is 13.2. The summed E-state index contributed by atoms with van der Waals surface area (Å²) in [5, 5.41) is 2.82. The molecule has 1 aliphatic rings. The van der Waals surface area contributed by atoms with E-state index in [0.29, 0.717) is 25.1 Å². The second-order valence-electron chi connectivity index (χ2n) is 7.20. The van der Waals surface area contributed by atoms with Crippen LogP contribution in [0.4, 0.5) is 4.39 Å². The van der Waals surface area contributed by atoms with Gasteiger partial charge in [-0.25, -0.2) is 12.8 Å². The molecule has 3 rings (SSSR count). The molecule has 1 heterocycles. The molecule has 1 unspecified atom stereocenters. The molecule has 1 aliphatic heterocycles. The van der Waals surface area contributed by atoms with E-state index in [1.807, 2.05) is 6.92 Å². The normalized spacial score (nSPS) is 17.7. The highest BCUT2D eigenvalue weighted by Gasteiger charge is 2.34. The van der Waals surface area contributed by atoms with Crippen LogP contribution in [-0.2, 0) is 21.4 Å². The summed E-state index contributed by atoms with van der Waals surface area (Å²) in [6.07, 6.45) is 1.22. The average molecular weight is 421 g/mol. The van der Waals surface area contributed by atoms with Gasteiger partial charge >= 0.3 is 0 Å². The Morgan fingerprint density at radius 3 is 2.66 bits per heavy atom. The van der Waals surface area contributed by atoms with E-state index in [4.69, 9.17) is 4.74 Å². The van der Waals surface area contributed by atoms with Gasteiger partial charge in [-0.15, -0.1) is 0 Å². The Balaban J connectivity index is 1.70. The van der Waals surface area contributed by atoms with Gasteiger partial charge in [0.1, 0.15) is 16.5 Å². The van der Waals surface area contributed by atoms with Crippen LogP contribution >= 0.6 is 0 Å². The van der Waals surface area contributed by atoms with Gasteiger partial charge in [0.15, 0.2) is 0 Å². The maximum absolute atomic E-state index is 13.2. The fraction of sp³-hybridized carbons (Fsp3) is 0.381. The Labute approximate surface area is 170 Å². The number of rotatable bonds is 6. The molecule has 1 atom stereocenters.